The number of anilines is 1. The third-order valence-corrected chi connectivity index (χ3v) is 4.35. The van der Waals surface area contributed by atoms with Gasteiger partial charge in [0, 0.05) is 18.7 Å². The van der Waals surface area contributed by atoms with Gasteiger partial charge in [0.25, 0.3) is 0 Å². The molecule has 0 heterocycles. The molecule has 0 saturated carbocycles. The molecule has 144 valence electrons. The third-order valence-electron chi connectivity index (χ3n) is 4.35. The van der Waals surface area contributed by atoms with Crippen LogP contribution in [0, 0.1) is 0 Å². The monoisotopic (exact) mass is 374 g/mol. The predicted molar refractivity (Wildman–Crippen MR) is 113 cm³/mol. The molecule has 4 heteroatoms. The minimum Gasteiger partial charge on any atom is -0.493 e. The highest BCUT2D eigenvalue weighted by atomic mass is 16.5. The minimum absolute atomic E-state index is 0.0313. The quantitative estimate of drug-likeness (QED) is 0.604. The Morgan fingerprint density at radius 1 is 0.857 bits per heavy atom. The van der Waals surface area contributed by atoms with Crippen LogP contribution in [-0.4, -0.2) is 31.0 Å². The van der Waals surface area contributed by atoms with Gasteiger partial charge in [-0.15, -0.1) is 0 Å². The molecule has 0 aliphatic heterocycles. The lowest BCUT2D eigenvalue weighted by molar-refractivity contribution is -0.117. The van der Waals surface area contributed by atoms with Gasteiger partial charge in [-0.2, -0.15) is 0 Å². The second-order valence-electron chi connectivity index (χ2n) is 6.81. The molecule has 0 aromatic heterocycles. The molecule has 0 unspecified atom stereocenters. The van der Waals surface area contributed by atoms with E-state index < -0.39 is 0 Å². The third kappa shape index (κ3) is 6.56. The Labute approximate surface area is 166 Å². The van der Waals surface area contributed by atoms with Crippen LogP contribution in [0.15, 0.2) is 84.9 Å². The van der Waals surface area contributed by atoms with E-state index >= 15 is 0 Å². The molecule has 0 aliphatic carbocycles. The van der Waals surface area contributed by atoms with Gasteiger partial charge in [0.15, 0.2) is 0 Å². The molecule has 3 aromatic rings. The largest absolute Gasteiger partial charge is 0.493 e. The minimum atomic E-state index is -0.0313. The number of carbonyl (C=O) groups excluding carboxylic acids is 1. The summed E-state index contributed by atoms with van der Waals surface area (Å²) < 4.78 is 5.78. The summed E-state index contributed by atoms with van der Waals surface area (Å²) >= 11 is 0. The maximum atomic E-state index is 12.2. The highest BCUT2D eigenvalue weighted by Gasteiger charge is 2.08. The van der Waals surface area contributed by atoms with Gasteiger partial charge >= 0.3 is 0 Å². The van der Waals surface area contributed by atoms with Gasteiger partial charge in [0.05, 0.1) is 13.2 Å². The zero-order valence-electron chi connectivity index (χ0n) is 16.2. The van der Waals surface area contributed by atoms with Crippen molar-refractivity contribution in [3.8, 4) is 5.75 Å². The van der Waals surface area contributed by atoms with Crippen molar-refractivity contribution in [2.45, 2.75) is 13.0 Å². The Morgan fingerprint density at radius 3 is 2.11 bits per heavy atom. The van der Waals surface area contributed by atoms with Crippen LogP contribution in [-0.2, 0) is 17.8 Å². The number of rotatable bonds is 9. The van der Waals surface area contributed by atoms with E-state index in [1.54, 1.807) is 0 Å². The second kappa shape index (κ2) is 10.3. The average Bonchev–Trinajstić information content (AvgIpc) is 2.71. The molecule has 0 aliphatic rings. The van der Waals surface area contributed by atoms with Gasteiger partial charge in [-0.05, 0) is 42.4 Å². The van der Waals surface area contributed by atoms with Crippen molar-refractivity contribution in [3.63, 3.8) is 0 Å². The van der Waals surface area contributed by atoms with Crippen LogP contribution in [0.5, 0.6) is 5.75 Å². The first-order chi connectivity index (χ1) is 13.7. The van der Waals surface area contributed by atoms with Gasteiger partial charge in [-0.1, -0.05) is 60.7 Å². The van der Waals surface area contributed by atoms with Crippen molar-refractivity contribution >= 4 is 11.6 Å². The molecule has 1 N–H and O–H groups in total. The molecular formula is C24H26N2O2. The van der Waals surface area contributed by atoms with Crippen molar-refractivity contribution in [3.05, 3.63) is 96.1 Å². The van der Waals surface area contributed by atoms with E-state index in [4.69, 9.17) is 4.74 Å². The Bertz CT molecular complexity index is 849. The number of benzene rings is 3. The zero-order valence-corrected chi connectivity index (χ0v) is 16.2. The number of nitrogens with one attached hydrogen (secondary N) is 1. The molecule has 0 radical (unpaired) electrons. The average molecular weight is 374 g/mol. The summed E-state index contributed by atoms with van der Waals surface area (Å²) in [4.78, 5) is 14.2. The van der Waals surface area contributed by atoms with Crippen molar-refractivity contribution in [2.75, 3.05) is 25.5 Å². The first-order valence-electron chi connectivity index (χ1n) is 9.48. The van der Waals surface area contributed by atoms with Crippen LogP contribution in [0.4, 0.5) is 5.69 Å². The number of hydrogen-bond donors (Lipinski definition) is 1. The molecular weight excluding hydrogens is 348 g/mol. The van der Waals surface area contributed by atoms with Crippen molar-refractivity contribution in [2.24, 2.45) is 0 Å². The van der Waals surface area contributed by atoms with E-state index in [2.05, 4.69) is 29.6 Å². The lowest BCUT2D eigenvalue weighted by Gasteiger charge is -2.16. The maximum absolute atomic E-state index is 12.2. The van der Waals surface area contributed by atoms with Crippen molar-refractivity contribution < 1.29 is 9.53 Å². The maximum Gasteiger partial charge on any atom is 0.238 e. The van der Waals surface area contributed by atoms with Crippen molar-refractivity contribution in [1.82, 2.24) is 4.90 Å². The first-order valence-corrected chi connectivity index (χ1v) is 9.48. The lowest BCUT2D eigenvalue weighted by Crippen LogP contribution is -2.29. The molecule has 1 amide bonds. The number of carbonyl (C=O) groups is 1. The van der Waals surface area contributed by atoms with Crippen LogP contribution in [0.2, 0.25) is 0 Å². The summed E-state index contributed by atoms with van der Waals surface area (Å²) in [6.45, 7) is 1.70. The van der Waals surface area contributed by atoms with Gasteiger partial charge in [0.2, 0.25) is 5.91 Å². The molecule has 0 fully saturated rings. The second-order valence-corrected chi connectivity index (χ2v) is 6.81. The molecule has 28 heavy (non-hydrogen) atoms. The molecule has 3 rings (SSSR count). The highest BCUT2D eigenvalue weighted by molar-refractivity contribution is 5.92. The molecule has 0 bridgehead atoms. The Kier molecular flexibility index (Phi) is 7.21. The summed E-state index contributed by atoms with van der Waals surface area (Å²) in [7, 11) is 1.94. The van der Waals surface area contributed by atoms with Gasteiger partial charge in [0.1, 0.15) is 5.75 Å². The topological polar surface area (TPSA) is 41.6 Å². The summed E-state index contributed by atoms with van der Waals surface area (Å²) in [6, 6.07) is 27.9. The van der Waals surface area contributed by atoms with E-state index in [1.807, 2.05) is 72.6 Å². The van der Waals surface area contributed by atoms with Gasteiger partial charge in [-0.25, -0.2) is 0 Å². The van der Waals surface area contributed by atoms with Gasteiger partial charge in [-0.3, -0.25) is 9.69 Å². The van der Waals surface area contributed by atoms with Crippen LogP contribution in [0.1, 0.15) is 11.1 Å². The number of amides is 1. The van der Waals surface area contributed by atoms with Crippen LogP contribution < -0.4 is 10.1 Å². The smallest absolute Gasteiger partial charge is 0.238 e. The first kappa shape index (κ1) is 19.6. The Balaban J connectivity index is 1.41. The lowest BCUT2D eigenvalue weighted by atomic mass is 10.2. The molecule has 3 aromatic carbocycles. The summed E-state index contributed by atoms with van der Waals surface area (Å²) in [5.74, 6) is 0.770. The normalized spacial score (nSPS) is 10.6. The summed E-state index contributed by atoms with van der Waals surface area (Å²) in [5, 5.41) is 2.93. The van der Waals surface area contributed by atoms with E-state index in [0.717, 1.165) is 24.4 Å². The van der Waals surface area contributed by atoms with Gasteiger partial charge < -0.3 is 10.1 Å². The number of hydrogen-bond acceptors (Lipinski definition) is 3. The molecule has 4 nitrogen and oxygen atoms in total. The van der Waals surface area contributed by atoms with Crippen LogP contribution in [0.25, 0.3) is 0 Å². The van der Waals surface area contributed by atoms with Crippen molar-refractivity contribution in [1.29, 1.82) is 0 Å². The zero-order chi connectivity index (χ0) is 19.6. The SMILES string of the molecule is CN(CC(=O)Nc1ccc(OCCc2ccccc2)cc1)Cc1ccccc1. The van der Waals surface area contributed by atoms with Crippen LogP contribution in [0.3, 0.4) is 0 Å². The van der Waals surface area contributed by atoms with E-state index in [9.17, 15) is 4.79 Å². The Morgan fingerprint density at radius 2 is 1.46 bits per heavy atom. The molecule has 0 spiro atoms. The molecule has 0 atom stereocenters. The van der Waals surface area contributed by atoms with E-state index in [-0.39, 0.29) is 5.91 Å². The fraction of sp³-hybridized carbons (Fsp3) is 0.208. The fourth-order valence-corrected chi connectivity index (χ4v) is 2.96. The molecule has 0 saturated heterocycles. The van der Waals surface area contributed by atoms with Crippen LogP contribution >= 0.6 is 0 Å². The predicted octanol–water partition coefficient (Wildman–Crippen LogP) is 4.38. The standard InChI is InChI=1S/C24H26N2O2/c1-26(18-21-10-6-3-7-11-21)19-24(27)25-22-12-14-23(15-13-22)28-17-16-20-8-4-2-5-9-20/h2-15H,16-19H2,1H3,(H,25,27). The highest BCUT2D eigenvalue weighted by Crippen LogP contribution is 2.16. The Hall–Kier alpha value is -3.11. The van der Waals surface area contributed by atoms with E-state index in [0.29, 0.717) is 13.2 Å². The van der Waals surface area contributed by atoms with E-state index in [1.165, 1.54) is 11.1 Å². The fourth-order valence-electron chi connectivity index (χ4n) is 2.96. The summed E-state index contributed by atoms with van der Waals surface area (Å²) in [6.07, 6.45) is 0.868. The summed E-state index contributed by atoms with van der Waals surface area (Å²) in [5.41, 5.74) is 3.22. The number of nitrogens with zero attached hydrogens (tertiary/aromatic N) is 1. The number of likely N-dealkylation sites (N-methyl/N-ethyl adjacent to an activating group) is 1. The number of ether oxygens (including phenoxy) is 1.